The molecule has 0 aliphatic carbocycles. The first-order chi connectivity index (χ1) is 13.7. The Hall–Kier alpha value is -1.43. The van der Waals surface area contributed by atoms with Gasteiger partial charge in [0.2, 0.25) is 0 Å². The zero-order valence-corrected chi connectivity index (χ0v) is 18.8. The van der Waals surface area contributed by atoms with Crippen LogP contribution in [0.4, 0.5) is 0 Å². The topological polar surface area (TPSA) is 25.4 Å². The van der Waals surface area contributed by atoms with Crippen LogP contribution in [-0.4, -0.2) is 36.1 Å². The second-order valence-electron chi connectivity index (χ2n) is 7.64. The van der Waals surface area contributed by atoms with Crippen LogP contribution < -0.4 is 4.74 Å². The van der Waals surface area contributed by atoms with Gasteiger partial charge in [0.1, 0.15) is 5.75 Å². The molecule has 3 nitrogen and oxygen atoms in total. The van der Waals surface area contributed by atoms with Crippen molar-refractivity contribution in [2.45, 2.75) is 32.6 Å². The Labute approximate surface area is 179 Å². The number of nitrogens with zero attached hydrogens (tertiary/aromatic N) is 2. The second kappa shape index (κ2) is 9.38. The van der Waals surface area contributed by atoms with Crippen molar-refractivity contribution in [3.05, 3.63) is 57.5 Å². The monoisotopic (exact) mass is 458 g/mol. The summed E-state index contributed by atoms with van der Waals surface area (Å²) >= 11 is 5.42. The number of aromatic nitrogens is 1. The summed E-state index contributed by atoms with van der Waals surface area (Å²) in [5.74, 6) is 1.74. The van der Waals surface area contributed by atoms with Crippen molar-refractivity contribution in [1.82, 2.24) is 9.88 Å². The van der Waals surface area contributed by atoms with Gasteiger partial charge >= 0.3 is 0 Å². The molecule has 0 amide bonds. The quantitative estimate of drug-likeness (QED) is 0.400. The molecule has 2 heterocycles. The third-order valence-corrected chi connectivity index (χ3v) is 7.25. The average Bonchev–Trinajstić information content (AvgIpc) is 3.07. The zero-order valence-electron chi connectivity index (χ0n) is 16.4. The Morgan fingerprint density at radius 3 is 2.82 bits per heavy atom. The van der Waals surface area contributed by atoms with E-state index in [4.69, 9.17) is 4.74 Å². The normalized spacial score (nSPS) is 15.9. The van der Waals surface area contributed by atoms with Gasteiger partial charge in [-0.2, -0.15) is 0 Å². The van der Waals surface area contributed by atoms with Crippen LogP contribution in [0, 0.1) is 12.8 Å². The molecule has 0 saturated carbocycles. The van der Waals surface area contributed by atoms with Crippen LogP contribution in [0.15, 0.2) is 46.9 Å². The molecule has 0 unspecified atom stereocenters. The Morgan fingerprint density at radius 2 is 2.00 bits per heavy atom. The number of rotatable bonds is 7. The van der Waals surface area contributed by atoms with E-state index in [-0.39, 0.29) is 0 Å². The summed E-state index contributed by atoms with van der Waals surface area (Å²) < 4.78 is 8.44. The molecule has 0 bridgehead atoms. The van der Waals surface area contributed by atoms with E-state index in [0.717, 1.165) is 41.8 Å². The molecule has 1 aromatic heterocycles. The van der Waals surface area contributed by atoms with E-state index in [1.807, 2.05) is 6.92 Å². The largest absolute Gasteiger partial charge is 0.493 e. The zero-order chi connectivity index (χ0) is 19.3. The summed E-state index contributed by atoms with van der Waals surface area (Å²) in [6.07, 6.45) is 4.85. The molecule has 0 spiro atoms. The molecule has 148 valence electrons. The number of piperidine rings is 1. The summed E-state index contributed by atoms with van der Waals surface area (Å²) in [6, 6.07) is 14.9. The van der Waals surface area contributed by atoms with Crippen molar-refractivity contribution in [1.29, 1.82) is 0 Å². The minimum Gasteiger partial charge on any atom is -0.493 e. The molecule has 0 atom stereocenters. The van der Waals surface area contributed by atoms with Crippen LogP contribution in [0.1, 0.15) is 29.8 Å². The van der Waals surface area contributed by atoms with Crippen LogP contribution in [0.5, 0.6) is 5.75 Å². The lowest BCUT2D eigenvalue weighted by Gasteiger charge is -2.32. The highest BCUT2D eigenvalue weighted by molar-refractivity contribution is 9.10. The lowest BCUT2D eigenvalue weighted by molar-refractivity contribution is 0.170. The standard InChI is InChI=1S/C23H27BrN2OS/c1-17-25-22-16-20(7-8-23(22)28-17)27-14-4-11-26-12-9-18(10-13-26)15-19-5-2-3-6-21(19)24/h2-3,5-8,16,18H,4,9-15H2,1H3. The minimum atomic E-state index is 0.769. The fraction of sp³-hybridized carbons (Fsp3) is 0.435. The minimum absolute atomic E-state index is 0.769. The molecule has 4 rings (SSSR count). The molecule has 3 aromatic rings. The van der Waals surface area contributed by atoms with Crippen molar-refractivity contribution in [2.75, 3.05) is 26.2 Å². The molecule has 28 heavy (non-hydrogen) atoms. The number of benzene rings is 2. The number of thiazole rings is 1. The molecule has 2 aromatic carbocycles. The maximum absolute atomic E-state index is 5.96. The number of hydrogen-bond acceptors (Lipinski definition) is 4. The number of aryl methyl sites for hydroxylation is 1. The van der Waals surface area contributed by atoms with E-state index in [9.17, 15) is 0 Å². The fourth-order valence-electron chi connectivity index (χ4n) is 3.98. The van der Waals surface area contributed by atoms with Gasteiger partial charge in [-0.1, -0.05) is 34.1 Å². The lowest BCUT2D eigenvalue weighted by Crippen LogP contribution is -2.35. The highest BCUT2D eigenvalue weighted by Crippen LogP contribution is 2.27. The van der Waals surface area contributed by atoms with E-state index in [1.165, 1.54) is 47.1 Å². The van der Waals surface area contributed by atoms with Gasteiger partial charge in [0, 0.05) is 17.1 Å². The molecular formula is C23H27BrN2OS. The van der Waals surface area contributed by atoms with Gasteiger partial charge in [0.05, 0.1) is 21.8 Å². The first kappa shape index (κ1) is 19.9. The molecule has 1 aliphatic rings. The molecular weight excluding hydrogens is 432 g/mol. The highest BCUT2D eigenvalue weighted by atomic mass is 79.9. The Morgan fingerprint density at radius 1 is 1.18 bits per heavy atom. The fourth-order valence-corrected chi connectivity index (χ4v) is 5.23. The number of fused-ring (bicyclic) bond motifs is 1. The van der Waals surface area contributed by atoms with Gasteiger partial charge in [-0.25, -0.2) is 4.98 Å². The average molecular weight is 459 g/mol. The third-order valence-electron chi connectivity index (χ3n) is 5.53. The smallest absolute Gasteiger partial charge is 0.121 e. The molecule has 5 heteroatoms. The first-order valence-corrected chi connectivity index (χ1v) is 11.7. The van der Waals surface area contributed by atoms with Gasteiger partial charge in [-0.3, -0.25) is 0 Å². The Balaban J connectivity index is 1.17. The van der Waals surface area contributed by atoms with Crippen molar-refractivity contribution in [3.63, 3.8) is 0 Å². The number of ether oxygens (including phenoxy) is 1. The number of hydrogen-bond donors (Lipinski definition) is 0. The molecule has 1 fully saturated rings. The van der Waals surface area contributed by atoms with Gasteiger partial charge < -0.3 is 9.64 Å². The van der Waals surface area contributed by atoms with Crippen molar-refractivity contribution < 1.29 is 4.74 Å². The van der Waals surface area contributed by atoms with Gasteiger partial charge in [-0.05, 0) is 75.4 Å². The first-order valence-electron chi connectivity index (χ1n) is 10.1. The highest BCUT2D eigenvalue weighted by Gasteiger charge is 2.19. The maximum atomic E-state index is 5.96. The van der Waals surface area contributed by atoms with Crippen LogP contribution in [0.3, 0.4) is 0 Å². The van der Waals surface area contributed by atoms with E-state index < -0.39 is 0 Å². The van der Waals surface area contributed by atoms with Crippen LogP contribution in [-0.2, 0) is 6.42 Å². The molecule has 1 saturated heterocycles. The third kappa shape index (κ3) is 5.13. The summed E-state index contributed by atoms with van der Waals surface area (Å²) in [5, 5.41) is 1.11. The van der Waals surface area contributed by atoms with Crippen LogP contribution >= 0.6 is 27.3 Å². The second-order valence-corrected chi connectivity index (χ2v) is 9.73. The molecule has 1 aliphatic heterocycles. The maximum Gasteiger partial charge on any atom is 0.121 e. The Bertz CT molecular complexity index is 918. The van der Waals surface area contributed by atoms with Gasteiger partial charge in [0.15, 0.2) is 0 Å². The van der Waals surface area contributed by atoms with E-state index >= 15 is 0 Å². The van der Waals surface area contributed by atoms with Gasteiger partial charge in [0.25, 0.3) is 0 Å². The van der Waals surface area contributed by atoms with Crippen molar-refractivity contribution in [3.8, 4) is 5.75 Å². The SMILES string of the molecule is Cc1nc2cc(OCCCN3CCC(Cc4ccccc4Br)CC3)ccc2s1. The predicted molar refractivity (Wildman–Crippen MR) is 121 cm³/mol. The predicted octanol–water partition coefficient (Wildman–Crippen LogP) is 6.09. The van der Waals surface area contributed by atoms with Crippen molar-refractivity contribution >= 4 is 37.5 Å². The van der Waals surface area contributed by atoms with Crippen molar-refractivity contribution in [2.24, 2.45) is 5.92 Å². The van der Waals surface area contributed by atoms with E-state index in [1.54, 1.807) is 11.3 Å². The number of likely N-dealkylation sites (tertiary alicyclic amines) is 1. The molecule has 0 N–H and O–H groups in total. The molecule has 0 radical (unpaired) electrons. The van der Waals surface area contributed by atoms with Crippen LogP contribution in [0.25, 0.3) is 10.2 Å². The number of halogens is 1. The van der Waals surface area contributed by atoms with Crippen LogP contribution in [0.2, 0.25) is 0 Å². The van der Waals surface area contributed by atoms with E-state index in [0.29, 0.717) is 0 Å². The summed E-state index contributed by atoms with van der Waals surface area (Å²) in [7, 11) is 0. The van der Waals surface area contributed by atoms with E-state index in [2.05, 4.69) is 68.3 Å². The van der Waals surface area contributed by atoms with Gasteiger partial charge in [-0.15, -0.1) is 11.3 Å². The lowest BCUT2D eigenvalue weighted by atomic mass is 9.90. The summed E-state index contributed by atoms with van der Waals surface area (Å²) in [5.41, 5.74) is 2.49. The Kier molecular flexibility index (Phi) is 6.65. The summed E-state index contributed by atoms with van der Waals surface area (Å²) in [4.78, 5) is 7.14. The summed E-state index contributed by atoms with van der Waals surface area (Å²) in [6.45, 7) is 6.36.